The molecule has 134 valence electrons. The van der Waals surface area contributed by atoms with Gasteiger partial charge >= 0.3 is 0 Å². The van der Waals surface area contributed by atoms with Crippen molar-refractivity contribution in [3.05, 3.63) is 64.7 Å². The third-order valence-electron chi connectivity index (χ3n) is 4.75. The fraction of sp³-hybridized carbons (Fsp3) is 0.300. The van der Waals surface area contributed by atoms with E-state index in [1.807, 2.05) is 40.2 Å². The highest BCUT2D eigenvalue weighted by molar-refractivity contribution is 7.99. The van der Waals surface area contributed by atoms with E-state index in [4.69, 9.17) is 0 Å². The van der Waals surface area contributed by atoms with Gasteiger partial charge in [-0.2, -0.15) is 16.9 Å². The Labute approximate surface area is 161 Å². The lowest BCUT2D eigenvalue weighted by Crippen LogP contribution is -2.33. The van der Waals surface area contributed by atoms with Crippen molar-refractivity contribution in [1.82, 2.24) is 15.1 Å². The first kappa shape index (κ1) is 17.4. The van der Waals surface area contributed by atoms with Gasteiger partial charge in [0.25, 0.3) is 5.91 Å². The molecule has 0 aliphatic carbocycles. The Morgan fingerprint density at radius 3 is 2.92 bits per heavy atom. The third-order valence-corrected chi connectivity index (χ3v) is 6.96. The van der Waals surface area contributed by atoms with E-state index >= 15 is 0 Å². The Hall–Kier alpha value is -2.05. The minimum Gasteiger partial charge on any atom is -0.336 e. The molecule has 26 heavy (non-hydrogen) atoms. The van der Waals surface area contributed by atoms with Gasteiger partial charge in [-0.05, 0) is 42.0 Å². The number of nitrogens with zero attached hydrogens (tertiary/aromatic N) is 2. The number of carbonyl (C=O) groups excluding carboxylic acids is 1. The Morgan fingerprint density at radius 1 is 1.23 bits per heavy atom. The summed E-state index contributed by atoms with van der Waals surface area (Å²) in [5.74, 6) is 0.975. The maximum Gasteiger partial charge on any atom is 0.274 e. The Kier molecular flexibility index (Phi) is 5.13. The summed E-state index contributed by atoms with van der Waals surface area (Å²) >= 11 is 3.59. The van der Waals surface area contributed by atoms with E-state index in [9.17, 15) is 4.79 Å². The number of aromatic nitrogens is 2. The summed E-state index contributed by atoms with van der Waals surface area (Å²) < 4.78 is 0. The highest BCUT2D eigenvalue weighted by atomic mass is 32.2. The number of amides is 1. The van der Waals surface area contributed by atoms with Crippen LogP contribution >= 0.6 is 23.1 Å². The summed E-state index contributed by atoms with van der Waals surface area (Å²) in [6, 6.07) is 14.5. The molecule has 0 spiro atoms. The number of H-pyrrole nitrogens is 1. The molecule has 1 saturated heterocycles. The Balaban J connectivity index is 1.46. The molecule has 0 radical (unpaired) electrons. The number of thiophene rings is 1. The van der Waals surface area contributed by atoms with Crippen LogP contribution in [-0.4, -0.2) is 39.8 Å². The molecule has 4 nitrogen and oxygen atoms in total. The van der Waals surface area contributed by atoms with Crippen LogP contribution in [0, 0.1) is 6.92 Å². The molecule has 1 aliphatic heterocycles. The average molecular weight is 384 g/mol. The summed E-state index contributed by atoms with van der Waals surface area (Å²) in [7, 11) is 0. The van der Waals surface area contributed by atoms with Crippen LogP contribution in [0.3, 0.4) is 0 Å². The van der Waals surface area contributed by atoms with Crippen molar-refractivity contribution in [1.29, 1.82) is 0 Å². The van der Waals surface area contributed by atoms with Gasteiger partial charge in [-0.25, -0.2) is 0 Å². The van der Waals surface area contributed by atoms with E-state index in [1.165, 1.54) is 11.1 Å². The quantitative estimate of drug-likeness (QED) is 0.709. The van der Waals surface area contributed by atoms with Crippen molar-refractivity contribution in [2.24, 2.45) is 0 Å². The second-order valence-corrected chi connectivity index (χ2v) is 8.70. The van der Waals surface area contributed by atoms with E-state index in [-0.39, 0.29) is 5.91 Å². The Bertz CT molecular complexity index is 888. The predicted octanol–water partition coefficient (Wildman–Crippen LogP) is 4.77. The molecule has 0 saturated carbocycles. The van der Waals surface area contributed by atoms with Crippen LogP contribution in [-0.2, 0) is 0 Å². The summed E-state index contributed by atoms with van der Waals surface area (Å²) in [4.78, 5) is 15.9. The van der Waals surface area contributed by atoms with E-state index in [2.05, 4.69) is 41.4 Å². The molecule has 1 aromatic carbocycles. The second kappa shape index (κ2) is 7.68. The largest absolute Gasteiger partial charge is 0.336 e. The molecule has 6 heteroatoms. The number of nitrogens with one attached hydrogen (secondary N) is 1. The van der Waals surface area contributed by atoms with E-state index in [0.717, 1.165) is 35.8 Å². The first-order valence-corrected chi connectivity index (χ1v) is 10.7. The van der Waals surface area contributed by atoms with Gasteiger partial charge in [-0.3, -0.25) is 9.89 Å². The molecular weight excluding hydrogens is 362 g/mol. The van der Waals surface area contributed by atoms with E-state index in [0.29, 0.717) is 10.9 Å². The summed E-state index contributed by atoms with van der Waals surface area (Å²) in [6.07, 6.45) is 0.976. The van der Waals surface area contributed by atoms with E-state index in [1.54, 1.807) is 11.3 Å². The lowest BCUT2D eigenvalue weighted by Gasteiger charge is -2.19. The van der Waals surface area contributed by atoms with Gasteiger partial charge in [-0.15, -0.1) is 11.3 Å². The SMILES string of the molecule is Cc1ccccc1C1CCN(C(=O)c2cc(-c3cccs3)[nH]n2)CCS1. The molecule has 1 unspecified atom stereocenters. The van der Waals surface area contributed by atoms with Crippen molar-refractivity contribution < 1.29 is 4.79 Å². The number of thioether (sulfide) groups is 1. The Morgan fingerprint density at radius 2 is 2.12 bits per heavy atom. The molecule has 1 N–H and O–H groups in total. The van der Waals surface area contributed by atoms with Gasteiger partial charge in [0.1, 0.15) is 0 Å². The number of rotatable bonds is 3. The van der Waals surface area contributed by atoms with Crippen molar-refractivity contribution >= 4 is 29.0 Å². The van der Waals surface area contributed by atoms with Crippen LogP contribution in [0.1, 0.15) is 33.3 Å². The van der Waals surface area contributed by atoms with Crippen LogP contribution < -0.4 is 0 Å². The molecule has 1 aliphatic rings. The van der Waals surface area contributed by atoms with Crippen LogP contribution in [0.2, 0.25) is 0 Å². The molecule has 1 fully saturated rings. The third kappa shape index (κ3) is 3.57. The number of aryl methyl sites for hydroxylation is 1. The maximum absolute atomic E-state index is 12.9. The molecule has 4 rings (SSSR count). The van der Waals surface area contributed by atoms with Crippen molar-refractivity contribution in [2.45, 2.75) is 18.6 Å². The van der Waals surface area contributed by atoms with Crippen molar-refractivity contribution in [2.75, 3.05) is 18.8 Å². The number of aromatic amines is 1. The van der Waals surface area contributed by atoms with Gasteiger partial charge in [-0.1, -0.05) is 30.3 Å². The minimum atomic E-state index is 0.0232. The van der Waals surface area contributed by atoms with Gasteiger partial charge in [0.2, 0.25) is 0 Å². The number of hydrogen-bond acceptors (Lipinski definition) is 4. The molecule has 0 bridgehead atoms. The first-order valence-electron chi connectivity index (χ1n) is 8.78. The molecule has 1 amide bonds. The van der Waals surface area contributed by atoms with E-state index < -0.39 is 0 Å². The fourth-order valence-corrected chi connectivity index (χ4v) is 5.34. The smallest absolute Gasteiger partial charge is 0.274 e. The summed E-state index contributed by atoms with van der Waals surface area (Å²) in [6.45, 7) is 3.71. The maximum atomic E-state index is 12.9. The fourth-order valence-electron chi connectivity index (χ4n) is 3.32. The number of benzene rings is 1. The minimum absolute atomic E-state index is 0.0232. The van der Waals surface area contributed by atoms with Gasteiger partial charge < -0.3 is 4.90 Å². The number of carbonyl (C=O) groups is 1. The second-order valence-electron chi connectivity index (χ2n) is 6.44. The zero-order valence-corrected chi connectivity index (χ0v) is 16.3. The van der Waals surface area contributed by atoms with Crippen LogP contribution in [0.5, 0.6) is 0 Å². The highest BCUT2D eigenvalue weighted by Crippen LogP contribution is 2.36. The summed E-state index contributed by atoms with van der Waals surface area (Å²) in [5.41, 5.74) is 4.14. The van der Waals surface area contributed by atoms with Gasteiger partial charge in [0.05, 0.1) is 10.6 Å². The molecule has 3 heterocycles. The predicted molar refractivity (Wildman–Crippen MR) is 109 cm³/mol. The zero-order chi connectivity index (χ0) is 17.9. The van der Waals surface area contributed by atoms with Gasteiger partial charge in [0, 0.05) is 24.1 Å². The average Bonchev–Trinajstić information content (AvgIpc) is 3.29. The van der Waals surface area contributed by atoms with Crippen molar-refractivity contribution in [3.8, 4) is 10.6 Å². The molecular formula is C20H21N3OS2. The molecule has 3 aromatic rings. The topological polar surface area (TPSA) is 49.0 Å². The van der Waals surface area contributed by atoms with Crippen LogP contribution in [0.25, 0.3) is 10.6 Å². The lowest BCUT2D eigenvalue weighted by molar-refractivity contribution is 0.0760. The summed E-state index contributed by atoms with van der Waals surface area (Å²) in [5, 5.41) is 9.72. The molecule has 2 aromatic heterocycles. The first-order chi connectivity index (χ1) is 12.7. The lowest BCUT2D eigenvalue weighted by atomic mass is 10.0. The normalized spacial score (nSPS) is 17.9. The monoisotopic (exact) mass is 383 g/mol. The van der Waals surface area contributed by atoms with Crippen LogP contribution in [0.15, 0.2) is 47.8 Å². The van der Waals surface area contributed by atoms with Crippen LogP contribution in [0.4, 0.5) is 0 Å². The molecule has 1 atom stereocenters. The van der Waals surface area contributed by atoms with Gasteiger partial charge in [0.15, 0.2) is 5.69 Å². The van der Waals surface area contributed by atoms with Crippen molar-refractivity contribution in [3.63, 3.8) is 0 Å². The zero-order valence-electron chi connectivity index (χ0n) is 14.6. The highest BCUT2D eigenvalue weighted by Gasteiger charge is 2.25. The standard InChI is InChI=1S/C20H21N3OS2/c1-14-5-2-3-6-15(14)18-8-9-23(10-12-26-18)20(24)17-13-16(21-22-17)19-7-4-11-25-19/h2-7,11,13,18H,8-10,12H2,1H3,(H,21,22). The number of hydrogen-bond donors (Lipinski definition) is 1.